The number of nitrogens with two attached hydrogens (primary N) is 1. The van der Waals surface area contributed by atoms with E-state index in [-0.39, 0.29) is 17.7 Å². The lowest BCUT2D eigenvalue weighted by molar-refractivity contribution is -0.138. The predicted molar refractivity (Wildman–Crippen MR) is 110 cm³/mol. The van der Waals surface area contributed by atoms with Gasteiger partial charge >= 0.3 is 0 Å². The molecule has 2 N–H and O–H groups in total. The lowest BCUT2D eigenvalue weighted by Crippen LogP contribution is -2.44. The van der Waals surface area contributed by atoms with Gasteiger partial charge in [0, 0.05) is 19.0 Å². The number of hydrogen-bond acceptors (Lipinski definition) is 2. The normalized spacial score (nSPS) is 22.1. The minimum absolute atomic E-state index is 0.156. The second-order valence-electron chi connectivity index (χ2n) is 8.49. The van der Waals surface area contributed by atoms with E-state index in [0.29, 0.717) is 25.9 Å². The molecule has 0 spiro atoms. The summed E-state index contributed by atoms with van der Waals surface area (Å²) in [6.45, 7) is 3.16. The molecular formula is C24H28N2O2. The molecule has 4 rings (SSSR count). The molecule has 0 unspecified atom stereocenters. The molecule has 1 saturated carbocycles. The van der Waals surface area contributed by atoms with Gasteiger partial charge in [0.2, 0.25) is 11.8 Å². The van der Waals surface area contributed by atoms with Gasteiger partial charge in [-0.2, -0.15) is 0 Å². The van der Waals surface area contributed by atoms with E-state index in [1.54, 1.807) is 0 Å². The SMILES string of the molecule is Cc1cccc(-c2ccccc2C[C@@]2(C(N)=O)CCN(C(=O)C3CCC3)C2)c1. The molecule has 1 atom stereocenters. The summed E-state index contributed by atoms with van der Waals surface area (Å²) in [5, 5.41) is 0. The Hall–Kier alpha value is -2.62. The summed E-state index contributed by atoms with van der Waals surface area (Å²) in [4.78, 5) is 27.1. The third kappa shape index (κ3) is 3.44. The van der Waals surface area contributed by atoms with E-state index < -0.39 is 5.41 Å². The van der Waals surface area contributed by atoms with Gasteiger partial charge in [-0.25, -0.2) is 0 Å². The van der Waals surface area contributed by atoms with Crippen LogP contribution >= 0.6 is 0 Å². The summed E-state index contributed by atoms with van der Waals surface area (Å²) in [6, 6.07) is 16.6. The first kappa shape index (κ1) is 18.7. The Morgan fingerprint density at radius 2 is 1.93 bits per heavy atom. The topological polar surface area (TPSA) is 63.4 Å². The number of likely N-dealkylation sites (tertiary alicyclic amines) is 1. The summed E-state index contributed by atoms with van der Waals surface area (Å²) < 4.78 is 0. The van der Waals surface area contributed by atoms with Gasteiger partial charge < -0.3 is 10.6 Å². The first-order valence-corrected chi connectivity index (χ1v) is 10.2. The van der Waals surface area contributed by atoms with E-state index in [1.807, 2.05) is 17.0 Å². The molecule has 4 nitrogen and oxygen atoms in total. The van der Waals surface area contributed by atoms with E-state index in [4.69, 9.17) is 5.73 Å². The Morgan fingerprint density at radius 3 is 2.61 bits per heavy atom. The molecule has 146 valence electrons. The lowest BCUT2D eigenvalue weighted by Gasteiger charge is -2.31. The fourth-order valence-electron chi connectivity index (χ4n) is 4.54. The van der Waals surface area contributed by atoms with Crippen LogP contribution < -0.4 is 5.73 Å². The molecule has 1 aliphatic heterocycles. The average molecular weight is 377 g/mol. The van der Waals surface area contributed by atoms with E-state index in [9.17, 15) is 9.59 Å². The molecule has 2 fully saturated rings. The number of amides is 2. The van der Waals surface area contributed by atoms with Crippen molar-refractivity contribution in [1.82, 2.24) is 4.90 Å². The number of hydrogen-bond donors (Lipinski definition) is 1. The fourth-order valence-corrected chi connectivity index (χ4v) is 4.54. The van der Waals surface area contributed by atoms with Crippen molar-refractivity contribution < 1.29 is 9.59 Å². The summed E-state index contributed by atoms with van der Waals surface area (Å²) in [6.07, 6.45) is 4.31. The Labute approximate surface area is 166 Å². The number of carbonyl (C=O) groups is 2. The van der Waals surface area contributed by atoms with Gasteiger partial charge in [0.05, 0.1) is 5.41 Å². The molecule has 1 saturated heterocycles. The van der Waals surface area contributed by atoms with Crippen LogP contribution in [0.15, 0.2) is 48.5 Å². The summed E-state index contributed by atoms with van der Waals surface area (Å²) in [7, 11) is 0. The standard InChI is InChI=1S/C24H28N2O2/c1-17-6-4-10-19(14-17)21-11-3-2-7-20(21)15-24(23(25)28)12-13-26(16-24)22(27)18-8-5-9-18/h2-4,6-7,10-11,14,18H,5,8-9,12-13,15-16H2,1H3,(H2,25,28)/t24-/m0/s1. The van der Waals surface area contributed by atoms with Crippen LogP contribution in [0.5, 0.6) is 0 Å². The van der Waals surface area contributed by atoms with Crippen molar-refractivity contribution in [3.8, 4) is 11.1 Å². The van der Waals surface area contributed by atoms with E-state index in [2.05, 4.69) is 43.3 Å². The monoisotopic (exact) mass is 376 g/mol. The zero-order valence-electron chi connectivity index (χ0n) is 16.5. The Kier molecular flexibility index (Phi) is 4.96. The highest BCUT2D eigenvalue weighted by molar-refractivity contribution is 5.86. The Bertz CT molecular complexity index is 903. The third-order valence-electron chi connectivity index (χ3n) is 6.52. The van der Waals surface area contributed by atoms with Crippen molar-refractivity contribution in [2.75, 3.05) is 13.1 Å². The van der Waals surface area contributed by atoms with Crippen molar-refractivity contribution >= 4 is 11.8 Å². The van der Waals surface area contributed by atoms with E-state index in [1.165, 1.54) is 5.56 Å². The molecule has 0 aromatic heterocycles. The maximum absolute atomic E-state index is 12.7. The first-order valence-electron chi connectivity index (χ1n) is 10.2. The van der Waals surface area contributed by atoms with Gasteiger partial charge in [-0.1, -0.05) is 60.5 Å². The maximum Gasteiger partial charge on any atom is 0.225 e. The predicted octanol–water partition coefficient (Wildman–Crippen LogP) is 3.71. The number of nitrogens with zero attached hydrogens (tertiary/aromatic N) is 1. The van der Waals surface area contributed by atoms with Crippen LogP contribution in [0.25, 0.3) is 11.1 Å². The molecule has 0 bridgehead atoms. The van der Waals surface area contributed by atoms with E-state index in [0.717, 1.165) is 36.0 Å². The number of primary amides is 1. The second kappa shape index (κ2) is 7.42. The summed E-state index contributed by atoms with van der Waals surface area (Å²) in [5.41, 5.74) is 9.82. The molecule has 2 aliphatic rings. The van der Waals surface area contributed by atoms with Gasteiger partial charge in [0.15, 0.2) is 0 Å². The van der Waals surface area contributed by atoms with E-state index >= 15 is 0 Å². The van der Waals surface area contributed by atoms with Crippen LogP contribution in [0.3, 0.4) is 0 Å². The molecule has 0 radical (unpaired) electrons. The zero-order valence-corrected chi connectivity index (χ0v) is 16.5. The van der Waals surface area contributed by atoms with Crippen LogP contribution in [0, 0.1) is 18.3 Å². The highest BCUT2D eigenvalue weighted by Crippen LogP contribution is 2.39. The van der Waals surface area contributed by atoms with Gasteiger partial charge in [-0.3, -0.25) is 9.59 Å². The van der Waals surface area contributed by atoms with Crippen LogP contribution in [0.2, 0.25) is 0 Å². The van der Waals surface area contributed by atoms with Crippen LogP contribution in [0.1, 0.15) is 36.8 Å². The van der Waals surface area contributed by atoms with Gasteiger partial charge in [-0.15, -0.1) is 0 Å². The maximum atomic E-state index is 12.7. The molecule has 2 amide bonds. The summed E-state index contributed by atoms with van der Waals surface area (Å²) in [5.74, 6) is 0.0695. The molecule has 1 heterocycles. The number of rotatable bonds is 5. The number of benzene rings is 2. The van der Waals surface area contributed by atoms with Gasteiger partial charge in [-0.05, 0) is 49.3 Å². The molecule has 28 heavy (non-hydrogen) atoms. The number of carbonyl (C=O) groups excluding carboxylic acids is 2. The molecule has 2 aromatic carbocycles. The van der Waals surface area contributed by atoms with Crippen molar-refractivity contribution in [2.45, 2.75) is 39.0 Å². The van der Waals surface area contributed by atoms with Crippen LogP contribution in [-0.2, 0) is 16.0 Å². The second-order valence-corrected chi connectivity index (χ2v) is 8.49. The molecule has 2 aromatic rings. The lowest BCUT2D eigenvalue weighted by atomic mass is 9.78. The van der Waals surface area contributed by atoms with Crippen molar-refractivity contribution in [3.05, 3.63) is 59.7 Å². The van der Waals surface area contributed by atoms with Gasteiger partial charge in [0.25, 0.3) is 0 Å². The smallest absolute Gasteiger partial charge is 0.225 e. The largest absolute Gasteiger partial charge is 0.369 e. The number of aryl methyl sites for hydroxylation is 1. The van der Waals surface area contributed by atoms with Gasteiger partial charge in [0.1, 0.15) is 0 Å². The van der Waals surface area contributed by atoms with Crippen molar-refractivity contribution in [1.29, 1.82) is 0 Å². The highest BCUT2D eigenvalue weighted by Gasteiger charge is 2.46. The highest BCUT2D eigenvalue weighted by atomic mass is 16.2. The summed E-state index contributed by atoms with van der Waals surface area (Å²) >= 11 is 0. The van der Waals surface area contributed by atoms with Crippen LogP contribution in [-0.4, -0.2) is 29.8 Å². The zero-order chi connectivity index (χ0) is 19.7. The van der Waals surface area contributed by atoms with Crippen LogP contribution in [0.4, 0.5) is 0 Å². The molecule has 1 aliphatic carbocycles. The fraction of sp³-hybridized carbons (Fsp3) is 0.417. The quantitative estimate of drug-likeness (QED) is 0.865. The molecular weight excluding hydrogens is 348 g/mol. The van der Waals surface area contributed by atoms with Crippen molar-refractivity contribution in [2.24, 2.45) is 17.1 Å². The Morgan fingerprint density at radius 1 is 1.14 bits per heavy atom. The minimum Gasteiger partial charge on any atom is -0.369 e. The van der Waals surface area contributed by atoms with Crippen molar-refractivity contribution in [3.63, 3.8) is 0 Å². The molecule has 4 heteroatoms. The Balaban J connectivity index is 1.61. The average Bonchev–Trinajstić information content (AvgIpc) is 3.06. The minimum atomic E-state index is -0.681. The third-order valence-corrected chi connectivity index (χ3v) is 6.52. The first-order chi connectivity index (χ1) is 13.5.